The molecule has 6 heavy (non-hydrogen) atoms. The number of hydrogen-bond donors (Lipinski definition) is 0. The van der Waals surface area contributed by atoms with E-state index in [0.29, 0.717) is 0 Å². The van der Waals surface area contributed by atoms with Crippen LogP contribution in [0.1, 0.15) is 0 Å². The van der Waals surface area contributed by atoms with E-state index in [2.05, 4.69) is 74.2 Å². The number of rotatable bonds is 0. The van der Waals surface area contributed by atoms with Crippen molar-refractivity contribution in [1.82, 2.24) is 0 Å². The summed E-state index contributed by atoms with van der Waals surface area (Å²) < 4.78 is 0. The van der Waals surface area contributed by atoms with Crippen LogP contribution in [-0.4, -0.2) is 0 Å². The molecule has 0 aliphatic carbocycles. The Bertz CT molecular complexity index is 10.8. The fraction of sp³-hybridized carbons (Fsp3) is 0. The van der Waals surface area contributed by atoms with Crippen molar-refractivity contribution in [1.29, 1.82) is 0 Å². The van der Waals surface area contributed by atoms with Gasteiger partial charge < -0.3 is 0 Å². The molecular formula is Co3S3. The van der Waals surface area contributed by atoms with Crippen molar-refractivity contribution in [2.45, 2.75) is 0 Å². The van der Waals surface area contributed by atoms with Gasteiger partial charge in [-0.15, -0.1) is 0 Å². The van der Waals surface area contributed by atoms with Gasteiger partial charge in [0.05, 0.1) is 0 Å². The summed E-state index contributed by atoms with van der Waals surface area (Å²) in [4.78, 5) is 0. The van der Waals surface area contributed by atoms with Crippen molar-refractivity contribution in [2.24, 2.45) is 0 Å². The molecule has 0 atom stereocenters. The molecule has 0 nitrogen and oxygen atoms in total. The van der Waals surface area contributed by atoms with Crippen molar-refractivity contribution in [3.63, 3.8) is 0 Å². The standard InChI is InChI=1S/3Co.3S. The molecule has 0 N–H and O–H groups in total. The number of hydrogen-bond acceptors (Lipinski definition) is 3. The fourth-order valence-electron chi connectivity index (χ4n) is 0. The van der Waals surface area contributed by atoms with Crippen LogP contribution in [0.4, 0.5) is 0 Å². The van der Waals surface area contributed by atoms with Gasteiger partial charge in [-0.3, -0.25) is 0 Å². The Labute approximate surface area is 73.3 Å². The zero-order valence-electron chi connectivity index (χ0n) is 2.22. The first kappa shape index (κ1) is 15.7. The van der Waals surface area contributed by atoms with Gasteiger partial charge in [-0.1, -0.05) is 0 Å². The SMILES string of the molecule is [S]=[Co].[S]=[Co].[S]=[Co]. The predicted octanol–water partition coefficient (Wildman–Crippen LogP) is 1.94. The maximum absolute atomic E-state index is 3.77. The summed E-state index contributed by atoms with van der Waals surface area (Å²) in [5.74, 6) is 0. The predicted molar refractivity (Wildman–Crippen MR) is 22.8 cm³/mol. The molecule has 0 aromatic carbocycles. The van der Waals surface area contributed by atoms with Gasteiger partial charge in [-0.2, -0.15) is 0 Å². The molecule has 45 valence electrons. The quantitative estimate of drug-likeness (QED) is 0.662. The first-order chi connectivity index (χ1) is 3.00. The molecule has 0 aromatic heterocycles. The van der Waals surface area contributed by atoms with Gasteiger partial charge in [0.15, 0.2) is 0 Å². The Morgan fingerprint density at radius 3 is 0.500 bits per heavy atom. The molecule has 0 radical (unpaired) electrons. The summed E-state index contributed by atoms with van der Waals surface area (Å²) in [5.41, 5.74) is 0. The molecule has 0 aromatic rings. The molecule has 6 heteroatoms. The average molecular weight is 273 g/mol. The van der Waals surface area contributed by atoms with Crippen molar-refractivity contribution in [3.05, 3.63) is 0 Å². The summed E-state index contributed by atoms with van der Waals surface area (Å²) in [5, 5.41) is 0. The Hall–Kier alpha value is 2.18. The van der Waals surface area contributed by atoms with Crippen molar-refractivity contribution >= 4 is 31.8 Å². The van der Waals surface area contributed by atoms with Crippen LogP contribution in [0.2, 0.25) is 0 Å². The third kappa shape index (κ3) is 34.9. The van der Waals surface area contributed by atoms with Crippen molar-refractivity contribution in [3.8, 4) is 0 Å². The van der Waals surface area contributed by atoms with E-state index >= 15 is 0 Å². The van der Waals surface area contributed by atoms with Crippen LogP contribution in [0.5, 0.6) is 0 Å². The summed E-state index contributed by atoms with van der Waals surface area (Å²) in [6.45, 7) is 0. The van der Waals surface area contributed by atoms with Crippen LogP contribution in [0.3, 0.4) is 0 Å². The van der Waals surface area contributed by atoms with Crippen LogP contribution in [0.15, 0.2) is 0 Å². The molecule has 0 spiro atoms. The minimum atomic E-state index is 3.15. The molecule has 0 aliphatic heterocycles. The van der Waals surface area contributed by atoms with Gasteiger partial charge in [0.25, 0.3) is 0 Å². The Morgan fingerprint density at radius 2 is 0.500 bits per heavy atom. The van der Waals surface area contributed by atoms with Crippen LogP contribution in [0, 0.1) is 0 Å². The fourth-order valence-corrected chi connectivity index (χ4v) is 0. The summed E-state index contributed by atoms with van der Waals surface area (Å²) in [6, 6.07) is 0. The van der Waals surface area contributed by atoms with Crippen LogP contribution >= 0.6 is 31.8 Å². The van der Waals surface area contributed by atoms with Gasteiger partial charge >= 0.3 is 74.2 Å². The minimum absolute atomic E-state index is 3.15. The average Bonchev–Trinajstić information content (AvgIpc) is 1.81. The van der Waals surface area contributed by atoms with Crippen molar-refractivity contribution < 1.29 is 42.4 Å². The van der Waals surface area contributed by atoms with Gasteiger partial charge in [-0.05, 0) is 0 Å². The van der Waals surface area contributed by atoms with E-state index < -0.39 is 0 Å². The van der Waals surface area contributed by atoms with Gasteiger partial charge in [-0.25, -0.2) is 0 Å². The zero-order chi connectivity index (χ0) is 6.00. The molecular weight excluding hydrogens is 273 g/mol. The zero-order valence-corrected chi connectivity index (χ0v) is 7.80. The first-order valence-corrected chi connectivity index (χ1v) is 5.05. The molecule has 0 heterocycles. The van der Waals surface area contributed by atoms with E-state index in [1.165, 1.54) is 0 Å². The molecule has 0 saturated carbocycles. The monoisotopic (exact) mass is 273 g/mol. The summed E-state index contributed by atoms with van der Waals surface area (Å²) in [7, 11) is 11.3. The van der Waals surface area contributed by atoms with E-state index in [0.717, 1.165) is 0 Å². The molecule has 0 aliphatic rings. The second-order valence-electron chi connectivity index (χ2n) is 0. The normalized spacial score (nSPS) is 2.50. The van der Waals surface area contributed by atoms with Crippen LogP contribution in [-0.2, 0) is 42.4 Å². The Morgan fingerprint density at radius 1 is 0.500 bits per heavy atom. The van der Waals surface area contributed by atoms with E-state index in [9.17, 15) is 0 Å². The van der Waals surface area contributed by atoms with Crippen LogP contribution in [0.25, 0.3) is 0 Å². The summed E-state index contributed by atoms with van der Waals surface area (Å²) in [6.07, 6.45) is 0. The Balaban J connectivity index is -0.0000000225. The summed E-state index contributed by atoms with van der Waals surface area (Å²) >= 11 is 9.44. The molecule has 0 bridgehead atoms. The Kier molecular flexibility index (Phi) is 151. The van der Waals surface area contributed by atoms with E-state index in [-0.39, 0.29) is 0 Å². The molecule has 0 fully saturated rings. The third-order valence-electron chi connectivity index (χ3n) is 0. The van der Waals surface area contributed by atoms with Crippen LogP contribution < -0.4 is 0 Å². The van der Waals surface area contributed by atoms with Gasteiger partial charge in [0, 0.05) is 0 Å². The van der Waals surface area contributed by atoms with Gasteiger partial charge in [0.2, 0.25) is 0 Å². The molecule has 0 unspecified atom stereocenters. The van der Waals surface area contributed by atoms with E-state index in [1.807, 2.05) is 0 Å². The third-order valence-corrected chi connectivity index (χ3v) is 0. The second kappa shape index (κ2) is 57.7. The van der Waals surface area contributed by atoms with Gasteiger partial charge in [0.1, 0.15) is 0 Å². The molecule has 0 saturated heterocycles. The molecule has 0 rings (SSSR count). The maximum atomic E-state index is 3.77. The topological polar surface area (TPSA) is 0 Å². The molecule has 0 amide bonds. The van der Waals surface area contributed by atoms with E-state index in [1.54, 1.807) is 0 Å². The van der Waals surface area contributed by atoms with Crippen molar-refractivity contribution in [2.75, 3.05) is 0 Å². The van der Waals surface area contributed by atoms with E-state index in [4.69, 9.17) is 0 Å². The first-order valence-electron chi connectivity index (χ1n) is 0.408. The second-order valence-corrected chi connectivity index (χ2v) is 0.